The second-order valence-corrected chi connectivity index (χ2v) is 7.94. The number of non-ortho nitro benzene ring substituents is 1. The van der Waals surface area contributed by atoms with Crippen molar-refractivity contribution in [2.75, 3.05) is 39.8 Å². The van der Waals surface area contributed by atoms with Crippen molar-refractivity contribution in [2.45, 2.75) is 44.2 Å². The summed E-state index contributed by atoms with van der Waals surface area (Å²) in [5.41, 5.74) is 0.158. The Kier molecular flexibility index (Phi) is 7.75. The zero-order valence-electron chi connectivity index (χ0n) is 17.4. The quantitative estimate of drug-likeness (QED) is 0.510. The molecule has 2 aliphatic rings. The third-order valence-electron chi connectivity index (χ3n) is 5.91. The molecular formula is C21H30N4O5. The molecule has 0 aliphatic carbocycles. The molecule has 1 N–H and O–H groups in total. The minimum absolute atomic E-state index is 0.107. The van der Waals surface area contributed by atoms with E-state index < -0.39 is 4.92 Å². The van der Waals surface area contributed by atoms with Gasteiger partial charge in [-0.05, 0) is 38.3 Å². The molecule has 9 nitrogen and oxygen atoms in total. The van der Waals surface area contributed by atoms with E-state index in [0.29, 0.717) is 13.0 Å². The predicted molar refractivity (Wildman–Crippen MR) is 111 cm³/mol. The standard InChI is InChI=1S/C21H30N4O5/c1-30-19-15-23(10-5-8-20(26)24-11-2-3-12-24)13-9-18(19)22-21(27)16-6-4-7-17(14-16)25(28)29/h4,6-7,14,18-19H,2-3,5,8-13,15H2,1H3,(H,22,27). The fourth-order valence-electron chi connectivity index (χ4n) is 4.18. The topological polar surface area (TPSA) is 105 Å². The number of nitrogens with zero attached hydrogens (tertiary/aromatic N) is 3. The van der Waals surface area contributed by atoms with Gasteiger partial charge in [-0.1, -0.05) is 6.07 Å². The number of nitro benzene ring substituents is 1. The lowest BCUT2D eigenvalue weighted by Gasteiger charge is -2.38. The maximum absolute atomic E-state index is 12.6. The molecule has 30 heavy (non-hydrogen) atoms. The van der Waals surface area contributed by atoms with E-state index in [1.165, 1.54) is 18.2 Å². The summed E-state index contributed by atoms with van der Waals surface area (Å²) in [4.78, 5) is 39.4. The van der Waals surface area contributed by atoms with E-state index in [1.807, 2.05) is 4.90 Å². The molecule has 0 bridgehead atoms. The Labute approximate surface area is 176 Å². The number of carbonyl (C=O) groups is 2. The average Bonchev–Trinajstić information content (AvgIpc) is 3.29. The molecule has 2 aliphatic heterocycles. The normalized spacial score (nSPS) is 22.1. The van der Waals surface area contributed by atoms with Crippen LogP contribution in [0.4, 0.5) is 5.69 Å². The number of piperidine rings is 1. The third-order valence-corrected chi connectivity index (χ3v) is 5.91. The summed E-state index contributed by atoms with van der Waals surface area (Å²) in [7, 11) is 1.62. The maximum atomic E-state index is 12.6. The van der Waals surface area contributed by atoms with Gasteiger partial charge in [0.2, 0.25) is 5.91 Å². The van der Waals surface area contributed by atoms with E-state index >= 15 is 0 Å². The molecule has 2 heterocycles. The summed E-state index contributed by atoms with van der Waals surface area (Å²) in [5.74, 6) is -0.0923. The van der Waals surface area contributed by atoms with E-state index in [9.17, 15) is 19.7 Å². The van der Waals surface area contributed by atoms with Crippen LogP contribution in [0.1, 0.15) is 42.5 Å². The van der Waals surface area contributed by atoms with E-state index in [1.54, 1.807) is 13.2 Å². The Morgan fingerprint density at radius 2 is 2.03 bits per heavy atom. The molecule has 2 unspecified atom stereocenters. The van der Waals surface area contributed by atoms with Gasteiger partial charge in [-0.25, -0.2) is 0 Å². The molecule has 9 heteroatoms. The van der Waals surface area contributed by atoms with Crippen LogP contribution in [0, 0.1) is 10.1 Å². The highest BCUT2D eigenvalue weighted by Crippen LogP contribution is 2.18. The van der Waals surface area contributed by atoms with Gasteiger partial charge in [0.15, 0.2) is 0 Å². The number of rotatable bonds is 8. The van der Waals surface area contributed by atoms with Crippen LogP contribution in [0.5, 0.6) is 0 Å². The Balaban J connectivity index is 1.47. The molecule has 2 fully saturated rings. The molecule has 2 saturated heterocycles. The molecule has 0 radical (unpaired) electrons. The fraction of sp³-hybridized carbons (Fsp3) is 0.619. The molecule has 2 atom stereocenters. The van der Waals surface area contributed by atoms with Crippen molar-refractivity contribution in [3.05, 3.63) is 39.9 Å². The van der Waals surface area contributed by atoms with E-state index in [2.05, 4.69) is 10.2 Å². The van der Waals surface area contributed by atoms with Crippen molar-refractivity contribution >= 4 is 17.5 Å². The predicted octanol–water partition coefficient (Wildman–Crippen LogP) is 1.82. The summed E-state index contributed by atoms with van der Waals surface area (Å²) in [6.07, 6.45) is 4.15. The summed E-state index contributed by atoms with van der Waals surface area (Å²) >= 11 is 0. The zero-order valence-corrected chi connectivity index (χ0v) is 17.4. The first-order valence-corrected chi connectivity index (χ1v) is 10.6. The van der Waals surface area contributed by atoms with Crippen LogP contribution in [0.25, 0.3) is 0 Å². The first-order chi connectivity index (χ1) is 14.5. The first-order valence-electron chi connectivity index (χ1n) is 10.6. The monoisotopic (exact) mass is 418 g/mol. The Morgan fingerprint density at radius 1 is 1.27 bits per heavy atom. The summed E-state index contributed by atoms with van der Waals surface area (Å²) in [6, 6.07) is 5.55. The van der Waals surface area contributed by atoms with Gasteiger partial charge in [0.25, 0.3) is 11.6 Å². The van der Waals surface area contributed by atoms with Gasteiger partial charge < -0.3 is 19.9 Å². The van der Waals surface area contributed by atoms with Gasteiger partial charge in [0.05, 0.1) is 17.1 Å². The van der Waals surface area contributed by atoms with Crippen LogP contribution >= 0.6 is 0 Å². The molecule has 1 aromatic rings. The number of likely N-dealkylation sites (tertiary alicyclic amines) is 2. The molecule has 164 valence electrons. The molecule has 0 spiro atoms. The highest BCUT2D eigenvalue weighted by atomic mass is 16.6. The van der Waals surface area contributed by atoms with Crippen molar-refractivity contribution in [1.82, 2.24) is 15.1 Å². The molecule has 0 saturated carbocycles. The second-order valence-electron chi connectivity index (χ2n) is 7.94. The average molecular weight is 418 g/mol. The SMILES string of the molecule is COC1CN(CCCC(=O)N2CCCC2)CCC1NC(=O)c1cccc([N+](=O)[O-])c1. The minimum atomic E-state index is -0.512. The largest absolute Gasteiger partial charge is 0.378 e. The number of ether oxygens (including phenoxy) is 1. The van der Waals surface area contributed by atoms with Gasteiger partial charge in [-0.3, -0.25) is 19.7 Å². The molecule has 1 aromatic carbocycles. The highest BCUT2D eigenvalue weighted by Gasteiger charge is 2.31. The van der Waals surface area contributed by atoms with Crippen LogP contribution in [-0.2, 0) is 9.53 Å². The van der Waals surface area contributed by atoms with E-state index in [4.69, 9.17) is 4.74 Å². The smallest absolute Gasteiger partial charge is 0.270 e. The lowest BCUT2D eigenvalue weighted by atomic mass is 10.0. The maximum Gasteiger partial charge on any atom is 0.270 e. The first kappa shape index (κ1) is 22.2. The lowest BCUT2D eigenvalue weighted by Crippen LogP contribution is -2.54. The number of hydrogen-bond donors (Lipinski definition) is 1. The summed E-state index contributed by atoms with van der Waals surface area (Å²) < 4.78 is 5.60. The van der Waals surface area contributed by atoms with Crippen molar-refractivity contribution in [1.29, 1.82) is 0 Å². The van der Waals surface area contributed by atoms with Gasteiger partial charge in [-0.2, -0.15) is 0 Å². The molecule has 2 amide bonds. The number of nitro groups is 1. The summed E-state index contributed by atoms with van der Waals surface area (Å²) in [6.45, 7) is 4.08. The number of benzene rings is 1. The van der Waals surface area contributed by atoms with Crippen molar-refractivity contribution in [2.24, 2.45) is 0 Å². The Hall–Kier alpha value is -2.52. The molecule has 3 rings (SSSR count). The van der Waals surface area contributed by atoms with Gasteiger partial charge in [0, 0.05) is 57.4 Å². The minimum Gasteiger partial charge on any atom is -0.378 e. The second kappa shape index (κ2) is 10.5. The number of methoxy groups -OCH3 is 1. The van der Waals surface area contributed by atoms with Gasteiger partial charge in [0.1, 0.15) is 0 Å². The highest BCUT2D eigenvalue weighted by molar-refractivity contribution is 5.95. The van der Waals surface area contributed by atoms with Crippen LogP contribution in [0.15, 0.2) is 24.3 Å². The summed E-state index contributed by atoms with van der Waals surface area (Å²) in [5, 5.41) is 13.9. The van der Waals surface area contributed by atoms with Gasteiger partial charge in [-0.15, -0.1) is 0 Å². The van der Waals surface area contributed by atoms with E-state index in [-0.39, 0.29) is 35.2 Å². The number of hydrogen-bond acceptors (Lipinski definition) is 6. The fourth-order valence-corrected chi connectivity index (χ4v) is 4.18. The van der Waals surface area contributed by atoms with Crippen LogP contribution in [-0.4, -0.2) is 78.5 Å². The van der Waals surface area contributed by atoms with Crippen LogP contribution in [0.3, 0.4) is 0 Å². The van der Waals surface area contributed by atoms with E-state index in [0.717, 1.165) is 51.9 Å². The van der Waals surface area contributed by atoms with Crippen LogP contribution in [0.2, 0.25) is 0 Å². The van der Waals surface area contributed by atoms with Crippen molar-refractivity contribution in [3.8, 4) is 0 Å². The molecule has 0 aromatic heterocycles. The third kappa shape index (κ3) is 5.76. The lowest BCUT2D eigenvalue weighted by molar-refractivity contribution is -0.384. The number of amides is 2. The van der Waals surface area contributed by atoms with Gasteiger partial charge >= 0.3 is 0 Å². The van der Waals surface area contributed by atoms with Crippen LogP contribution < -0.4 is 5.32 Å². The number of nitrogens with one attached hydrogen (secondary N) is 1. The number of carbonyl (C=O) groups excluding carboxylic acids is 2. The Bertz CT molecular complexity index is 766. The molecular weight excluding hydrogens is 388 g/mol. The zero-order chi connectivity index (χ0) is 21.5. The van der Waals surface area contributed by atoms with Crippen molar-refractivity contribution < 1.29 is 19.2 Å². The van der Waals surface area contributed by atoms with Crippen molar-refractivity contribution in [3.63, 3.8) is 0 Å². The Morgan fingerprint density at radius 3 is 2.73 bits per heavy atom.